The number of rotatable bonds is 5. The van der Waals surface area contributed by atoms with Gasteiger partial charge < -0.3 is 19.7 Å². The van der Waals surface area contributed by atoms with Crippen LogP contribution in [0, 0.1) is 0 Å². The van der Waals surface area contributed by atoms with Gasteiger partial charge in [-0.25, -0.2) is 0 Å². The summed E-state index contributed by atoms with van der Waals surface area (Å²) < 4.78 is 5.58. The first-order valence-corrected chi connectivity index (χ1v) is 12.8. The van der Waals surface area contributed by atoms with Crippen molar-refractivity contribution < 1.29 is 9.84 Å². The number of hydrogen-bond acceptors (Lipinski definition) is 3. The number of benzene rings is 3. The summed E-state index contributed by atoms with van der Waals surface area (Å²) in [6.07, 6.45) is 3.26. The summed E-state index contributed by atoms with van der Waals surface area (Å²) in [6.45, 7) is 2.54. The van der Waals surface area contributed by atoms with Crippen molar-refractivity contribution in [2.45, 2.75) is 36.7 Å². The molecule has 35 heavy (non-hydrogen) atoms. The highest BCUT2D eigenvalue weighted by Crippen LogP contribution is 2.52. The molecular formula is C30H31ClN2O2. The molecule has 2 aliphatic rings. The van der Waals surface area contributed by atoms with Crippen molar-refractivity contribution in [2.24, 2.45) is 0 Å². The van der Waals surface area contributed by atoms with Crippen LogP contribution in [0.2, 0.25) is 5.02 Å². The lowest BCUT2D eigenvalue weighted by Gasteiger charge is -2.56. The van der Waals surface area contributed by atoms with Gasteiger partial charge in [0, 0.05) is 53.0 Å². The molecule has 0 saturated carbocycles. The topological polar surface area (TPSA) is 48.5 Å². The molecule has 1 aliphatic heterocycles. The molecule has 180 valence electrons. The average molecular weight is 487 g/mol. The molecule has 1 saturated heterocycles. The molecule has 2 N–H and O–H groups in total. The van der Waals surface area contributed by atoms with Gasteiger partial charge in [-0.3, -0.25) is 0 Å². The van der Waals surface area contributed by atoms with Crippen LogP contribution >= 0.6 is 11.6 Å². The first-order valence-electron chi connectivity index (χ1n) is 12.4. The molecule has 1 fully saturated rings. The van der Waals surface area contributed by atoms with Crippen LogP contribution in [-0.4, -0.2) is 47.3 Å². The Bertz CT molecular complexity index is 1370. The summed E-state index contributed by atoms with van der Waals surface area (Å²) in [7, 11) is 1.70. The monoisotopic (exact) mass is 486 g/mol. The molecule has 4 aromatic rings. The maximum absolute atomic E-state index is 12.6. The van der Waals surface area contributed by atoms with Crippen molar-refractivity contribution in [3.8, 4) is 5.75 Å². The molecule has 2 unspecified atom stereocenters. The third kappa shape index (κ3) is 3.85. The molecule has 4 nitrogen and oxygen atoms in total. The highest BCUT2D eigenvalue weighted by atomic mass is 35.5. The molecule has 0 bridgehead atoms. The van der Waals surface area contributed by atoms with Crippen molar-refractivity contribution in [1.29, 1.82) is 0 Å². The van der Waals surface area contributed by atoms with Gasteiger partial charge in [0.2, 0.25) is 0 Å². The third-order valence-corrected chi connectivity index (χ3v) is 8.55. The van der Waals surface area contributed by atoms with Gasteiger partial charge in [0.25, 0.3) is 0 Å². The van der Waals surface area contributed by atoms with E-state index >= 15 is 0 Å². The second-order valence-corrected chi connectivity index (χ2v) is 10.7. The standard InChI is InChI=1S/C30H31ClN2O2/c1-35-24-9-5-8-22(16-24)29-13-15-33(14-12-21-6-3-2-4-7-21)20-30(29,34)18-26-25-11-10-23(31)17-27(25)32-28(26)19-29/h2-11,16-17,32,34H,12-15,18-20H2,1H3. The molecule has 6 rings (SSSR count). The van der Waals surface area contributed by atoms with Gasteiger partial charge >= 0.3 is 0 Å². The number of halogens is 1. The number of β-amino-alcohol motifs (C(OH)–C–C–N with tert-alkyl or cyclic N) is 1. The van der Waals surface area contributed by atoms with E-state index in [-0.39, 0.29) is 5.41 Å². The molecular weight excluding hydrogens is 456 g/mol. The Hall–Kier alpha value is -2.79. The predicted octanol–water partition coefficient (Wildman–Crippen LogP) is 5.55. The van der Waals surface area contributed by atoms with E-state index in [1.807, 2.05) is 24.3 Å². The van der Waals surface area contributed by atoms with Crippen LogP contribution in [0.15, 0.2) is 72.8 Å². The number of nitrogens with one attached hydrogen (secondary N) is 1. The maximum atomic E-state index is 12.6. The van der Waals surface area contributed by atoms with Gasteiger partial charge in [-0.05, 0) is 60.3 Å². The minimum absolute atomic E-state index is 0.386. The van der Waals surface area contributed by atoms with Crippen molar-refractivity contribution in [3.63, 3.8) is 0 Å². The Kier molecular flexibility index (Phi) is 5.63. The predicted molar refractivity (Wildman–Crippen MR) is 142 cm³/mol. The van der Waals surface area contributed by atoms with Gasteiger partial charge in [-0.2, -0.15) is 0 Å². The number of methoxy groups -OCH3 is 1. The zero-order chi connectivity index (χ0) is 24.0. The first kappa shape index (κ1) is 22.7. The number of likely N-dealkylation sites (tertiary alicyclic amines) is 1. The zero-order valence-electron chi connectivity index (χ0n) is 20.1. The quantitative estimate of drug-likeness (QED) is 0.389. The molecule has 3 aromatic carbocycles. The summed E-state index contributed by atoms with van der Waals surface area (Å²) in [5.41, 5.74) is 4.70. The van der Waals surface area contributed by atoms with Crippen LogP contribution in [0.5, 0.6) is 5.75 Å². The fraction of sp³-hybridized carbons (Fsp3) is 0.333. The number of aromatic amines is 1. The Morgan fingerprint density at radius 3 is 2.71 bits per heavy atom. The number of nitrogens with zero attached hydrogens (tertiary/aromatic N) is 1. The molecule has 0 radical (unpaired) electrons. The lowest BCUT2D eigenvalue weighted by atomic mass is 9.56. The van der Waals surface area contributed by atoms with Gasteiger partial charge in [0.1, 0.15) is 5.75 Å². The Balaban J connectivity index is 1.40. The smallest absolute Gasteiger partial charge is 0.119 e. The fourth-order valence-corrected chi connectivity index (χ4v) is 6.62. The molecule has 1 aromatic heterocycles. The van der Waals surface area contributed by atoms with Crippen LogP contribution in [0.3, 0.4) is 0 Å². The van der Waals surface area contributed by atoms with Crippen LogP contribution in [0.25, 0.3) is 10.9 Å². The Morgan fingerprint density at radius 1 is 1.03 bits per heavy atom. The van der Waals surface area contributed by atoms with Crippen molar-refractivity contribution in [3.05, 3.63) is 100 Å². The van der Waals surface area contributed by atoms with Gasteiger partial charge in [-0.1, -0.05) is 60.1 Å². The fourth-order valence-electron chi connectivity index (χ4n) is 6.45. The van der Waals surface area contributed by atoms with Gasteiger partial charge in [0.05, 0.1) is 12.7 Å². The number of aliphatic hydroxyl groups is 1. The normalized spacial score (nSPS) is 24.2. The van der Waals surface area contributed by atoms with Crippen LogP contribution in [0.1, 0.15) is 28.8 Å². The average Bonchev–Trinajstić information content (AvgIpc) is 3.21. The first-order chi connectivity index (χ1) is 17.0. The molecule has 1 aliphatic carbocycles. The number of aromatic nitrogens is 1. The van der Waals surface area contributed by atoms with E-state index in [1.54, 1.807) is 7.11 Å². The van der Waals surface area contributed by atoms with Crippen molar-refractivity contribution in [1.82, 2.24) is 9.88 Å². The summed E-state index contributed by atoms with van der Waals surface area (Å²) in [6, 6.07) is 25.0. The van der Waals surface area contributed by atoms with E-state index in [4.69, 9.17) is 16.3 Å². The van der Waals surface area contributed by atoms with Gasteiger partial charge in [0.15, 0.2) is 0 Å². The third-order valence-electron chi connectivity index (χ3n) is 8.32. The SMILES string of the molecule is COc1cccc(C23CCN(CCc4ccccc4)CC2(O)Cc2c([nH]c4cc(Cl)ccc24)C3)c1. The van der Waals surface area contributed by atoms with E-state index in [0.29, 0.717) is 13.0 Å². The van der Waals surface area contributed by atoms with E-state index in [9.17, 15) is 5.11 Å². The summed E-state index contributed by atoms with van der Waals surface area (Å²) in [5, 5.41) is 14.5. The van der Waals surface area contributed by atoms with E-state index in [1.165, 1.54) is 22.2 Å². The minimum atomic E-state index is -0.893. The highest BCUT2D eigenvalue weighted by molar-refractivity contribution is 6.31. The van der Waals surface area contributed by atoms with Crippen LogP contribution in [-0.2, 0) is 24.7 Å². The second-order valence-electron chi connectivity index (χ2n) is 10.2. The number of ether oxygens (including phenoxy) is 1. The minimum Gasteiger partial charge on any atom is -0.497 e. The lowest BCUT2D eigenvalue weighted by Crippen LogP contribution is -2.66. The van der Waals surface area contributed by atoms with E-state index in [2.05, 4.69) is 58.4 Å². The summed E-state index contributed by atoms with van der Waals surface area (Å²) in [4.78, 5) is 6.09. The Morgan fingerprint density at radius 2 is 1.89 bits per heavy atom. The van der Waals surface area contributed by atoms with Crippen LogP contribution < -0.4 is 4.74 Å². The van der Waals surface area contributed by atoms with Crippen LogP contribution in [0.4, 0.5) is 0 Å². The lowest BCUT2D eigenvalue weighted by molar-refractivity contribution is -0.102. The van der Waals surface area contributed by atoms with E-state index in [0.717, 1.165) is 54.2 Å². The van der Waals surface area contributed by atoms with E-state index < -0.39 is 5.60 Å². The van der Waals surface area contributed by atoms with Crippen molar-refractivity contribution in [2.75, 3.05) is 26.7 Å². The molecule has 0 spiro atoms. The van der Waals surface area contributed by atoms with Gasteiger partial charge in [-0.15, -0.1) is 0 Å². The number of H-pyrrole nitrogens is 1. The summed E-state index contributed by atoms with van der Waals surface area (Å²) >= 11 is 6.30. The molecule has 5 heteroatoms. The maximum Gasteiger partial charge on any atom is 0.119 e. The zero-order valence-corrected chi connectivity index (χ0v) is 20.8. The molecule has 2 atom stereocenters. The summed E-state index contributed by atoms with van der Waals surface area (Å²) in [5.74, 6) is 0.833. The number of hydrogen-bond donors (Lipinski definition) is 2. The van der Waals surface area contributed by atoms with Crippen molar-refractivity contribution >= 4 is 22.5 Å². The number of fused-ring (bicyclic) bond motifs is 4. The second kappa shape index (κ2) is 8.70. The molecule has 0 amide bonds. The number of piperidine rings is 1. The Labute approximate surface area is 211 Å². The largest absolute Gasteiger partial charge is 0.497 e. The molecule has 2 heterocycles. The highest BCUT2D eigenvalue weighted by Gasteiger charge is 2.57.